The van der Waals surface area contributed by atoms with Crippen LogP contribution in [-0.4, -0.2) is 5.92 Å². The molecule has 0 aromatic heterocycles. The molecule has 0 nitrogen and oxygen atoms in total. The van der Waals surface area contributed by atoms with E-state index in [4.69, 9.17) is 23.2 Å². The highest BCUT2D eigenvalue weighted by Gasteiger charge is 2.35. The number of benzene rings is 1. The molecule has 1 fully saturated rings. The Labute approximate surface area is 104 Å². The summed E-state index contributed by atoms with van der Waals surface area (Å²) in [6.07, 6.45) is 0.978. The zero-order chi connectivity index (χ0) is 11.8. The summed E-state index contributed by atoms with van der Waals surface area (Å²) in [5.74, 6) is -2.29. The van der Waals surface area contributed by atoms with Crippen LogP contribution in [0.3, 0.4) is 0 Å². The first-order chi connectivity index (χ1) is 7.48. The maximum atomic E-state index is 13.0. The zero-order valence-electron chi connectivity index (χ0n) is 8.65. The van der Waals surface area contributed by atoms with Crippen molar-refractivity contribution in [2.24, 2.45) is 0 Å². The van der Waals surface area contributed by atoms with Crippen molar-refractivity contribution in [3.8, 4) is 0 Å². The average molecular weight is 265 g/mol. The Hall–Kier alpha value is -0.340. The van der Waals surface area contributed by atoms with Gasteiger partial charge in [-0.15, -0.1) is 0 Å². The second-order valence-electron chi connectivity index (χ2n) is 4.30. The van der Waals surface area contributed by atoms with E-state index >= 15 is 0 Å². The van der Waals surface area contributed by atoms with E-state index in [0.29, 0.717) is 22.9 Å². The molecule has 1 aromatic rings. The van der Waals surface area contributed by atoms with Crippen LogP contribution in [0.1, 0.15) is 37.2 Å². The molecular formula is C12H12Cl2F2. The third-order valence-corrected chi connectivity index (χ3v) is 3.87. The summed E-state index contributed by atoms with van der Waals surface area (Å²) in [7, 11) is 0. The van der Waals surface area contributed by atoms with Gasteiger partial charge >= 0.3 is 0 Å². The minimum atomic E-state index is -2.48. The van der Waals surface area contributed by atoms with Crippen molar-refractivity contribution in [1.82, 2.24) is 0 Å². The van der Waals surface area contributed by atoms with Gasteiger partial charge < -0.3 is 0 Å². The van der Waals surface area contributed by atoms with Gasteiger partial charge in [-0.05, 0) is 36.5 Å². The van der Waals surface area contributed by atoms with Crippen LogP contribution in [0.2, 0.25) is 10.0 Å². The van der Waals surface area contributed by atoms with Crippen LogP contribution < -0.4 is 0 Å². The third kappa shape index (κ3) is 2.67. The first-order valence-electron chi connectivity index (χ1n) is 5.31. The second-order valence-corrected chi connectivity index (χ2v) is 5.12. The SMILES string of the molecule is FC1(F)CCC(c2ccc(Cl)c(Cl)c2)CC1. The van der Waals surface area contributed by atoms with E-state index < -0.39 is 5.92 Å². The molecule has 0 aliphatic heterocycles. The normalized spacial score (nSPS) is 21.0. The van der Waals surface area contributed by atoms with Gasteiger partial charge in [-0.3, -0.25) is 0 Å². The topological polar surface area (TPSA) is 0 Å². The van der Waals surface area contributed by atoms with Crippen LogP contribution in [0.4, 0.5) is 8.78 Å². The fourth-order valence-corrected chi connectivity index (χ4v) is 2.45. The third-order valence-electron chi connectivity index (χ3n) is 3.13. The van der Waals surface area contributed by atoms with Crippen molar-refractivity contribution in [3.05, 3.63) is 33.8 Å². The molecule has 0 atom stereocenters. The summed E-state index contributed by atoms with van der Waals surface area (Å²) in [5.41, 5.74) is 1.02. The van der Waals surface area contributed by atoms with E-state index in [2.05, 4.69) is 0 Å². The number of halogens is 4. The van der Waals surface area contributed by atoms with Gasteiger partial charge in [0.15, 0.2) is 0 Å². The quantitative estimate of drug-likeness (QED) is 0.647. The molecule has 0 spiro atoms. The Kier molecular flexibility index (Phi) is 3.41. The molecule has 1 saturated carbocycles. The van der Waals surface area contributed by atoms with E-state index in [1.165, 1.54) is 0 Å². The molecule has 0 heterocycles. The van der Waals surface area contributed by atoms with Crippen LogP contribution in [0, 0.1) is 0 Å². The molecule has 4 heteroatoms. The maximum Gasteiger partial charge on any atom is 0.248 e. The zero-order valence-corrected chi connectivity index (χ0v) is 10.2. The van der Waals surface area contributed by atoms with E-state index in [1.54, 1.807) is 12.1 Å². The first-order valence-corrected chi connectivity index (χ1v) is 6.06. The van der Waals surface area contributed by atoms with E-state index in [-0.39, 0.29) is 18.8 Å². The summed E-state index contributed by atoms with van der Waals surface area (Å²) in [6.45, 7) is 0. The van der Waals surface area contributed by atoms with Gasteiger partial charge in [0.25, 0.3) is 0 Å². The largest absolute Gasteiger partial charge is 0.248 e. The molecule has 16 heavy (non-hydrogen) atoms. The van der Waals surface area contributed by atoms with E-state index in [9.17, 15) is 8.78 Å². The standard InChI is InChI=1S/C12H12Cl2F2/c13-10-2-1-9(7-11(10)14)8-3-5-12(15,16)6-4-8/h1-2,7-8H,3-6H2. The van der Waals surface area contributed by atoms with Crippen molar-refractivity contribution >= 4 is 23.2 Å². The van der Waals surface area contributed by atoms with Crippen LogP contribution >= 0.6 is 23.2 Å². The Morgan fingerprint density at radius 1 is 1.06 bits per heavy atom. The summed E-state index contributed by atoms with van der Waals surface area (Å²) >= 11 is 11.7. The fourth-order valence-electron chi connectivity index (χ4n) is 2.14. The fraction of sp³-hybridized carbons (Fsp3) is 0.500. The summed E-state index contributed by atoms with van der Waals surface area (Å²) in [4.78, 5) is 0. The number of hydrogen-bond acceptors (Lipinski definition) is 0. The monoisotopic (exact) mass is 264 g/mol. The number of rotatable bonds is 1. The van der Waals surface area contributed by atoms with Gasteiger partial charge in [0.1, 0.15) is 0 Å². The minimum absolute atomic E-state index is 0.0298. The lowest BCUT2D eigenvalue weighted by Crippen LogP contribution is -2.23. The van der Waals surface area contributed by atoms with Gasteiger partial charge in [-0.1, -0.05) is 29.3 Å². The van der Waals surface area contributed by atoms with Gasteiger partial charge in [0.05, 0.1) is 10.0 Å². The Bertz CT molecular complexity index is 381. The van der Waals surface area contributed by atoms with Crippen LogP contribution in [-0.2, 0) is 0 Å². The Balaban J connectivity index is 2.11. The molecule has 0 saturated heterocycles. The van der Waals surface area contributed by atoms with Crippen molar-refractivity contribution in [1.29, 1.82) is 0 Å². The Morgan fingerprint density at radius 3 is 2.25 bits per heavy atom. The highest BCUT2D eigenvalue weighted by Crippen LogP contribution is 2.41. The maximum absolute atomic E-state index is 13.0. The minimum Gasteiger partial charge on any atom is -0.207 e. The molecule has 88 valence electrons. The summed E-state index contributed by atoms with van der Waals surface area (Å²) < 4.78 is 26.0. The summed E-state index contributed by atoms with van der Waals surface area (Å²) in [6, 6.07) is 5.40. The molecule has 0 amide bonds. The van der Waals surface area contributed by atoms with E-state index in [1.807, 2.05) is 6.07 Å². The van der Waals surface area contributed by atoms with Gasteiger partial charge in [0, 0.05) is 12.8 Å². The molecule has 1 aromatic carbocycles. The number of alkyl halides is 2. The lowest BCUT2D eigenvalue weighted by Gasteiger charge is -2.28. The summed E-state index contributed by atoms with van der Waals surface area (Å²) in [5, 5.41) is 1.00. The molecule has 0 radical (unpaired) electrons. The Morgan fingerprint density at radius 2 is 1.69 bits per heavy atom. The second kappa shape index (κ2) is 4.50. The molecule has 0 N–H and O–H groups in total. The smallest absolute Gasteiger partial charge is 0.207 e. The van der Waals surface area contributed by atoms with Crippen LogP contribution in [0.25, 0.3) is 0 Å². The highest BCUT2D eigenvalue weighted by molar-refractivity contribution is 6.42. The highest BCUT2D eigenvalue weighted by atomic mass is 35.5. The van der Waals surface area contributed by atoms with Crippen LogP contribution in [0.5, 0.6) is 0 Å². The first kappa shape index (κ1) is 12.1. The van der Waals surface area contributed by atoms with Crippen molar-refractivity contribution in [3.63, 3.8) is 0 Å². The van der Waals surface area contributed by atoms with Gasteiger partial charge in [-0.25, -0.2) is 8.78 Å². The molecular weight excluding hydrogens is 253 g/mol. The van der Waals surface area contributed by atoms with E-state index in [0.717, 1.165) is 5.56 Å². The van der Waals surface area contributed by atoms with Crippen molar-refractivity contribution in [2.45, 2.75) is 37.5 Å². The predicted molar refractivity (Wildman–Crippen MR) is 62.6 cm³/mol. The van der Waals surface area contributed by atoms with Gasteiger partial charge in [-0.2, -0.15) is 0 Å². The van der Waals surface area contributed by atoms with Gasteiger partial charge in [0.2, 0.25) is 5.92 Å². The molecule has 1 aliphatic carbocycles. The molecule has 1 aliphatic rings. The average Bonchev–Trinajstić information content (AvgIpc) is 2.22. The van der Waals surface area contributed by atoms with Crippen LogP contribution in [0.15, 0.2) is 18.2 Å². The molecule has 2 rings (SSSR count). The van der Waals surface area contributed by atoms with Crippen molar-refractivity contribution in [2.75, 3.05) is 0 Å². The lowest BCUT2D eigenvalue weighted by atomic mass is 9.82. The number of hydrogen-bond donors (Lipinski definition) is 0. The van der Waals surface area contributed by atoms with Crippen molar-refractivity contribution < 1.29 is 8.78 Å². The lowest BCUT2D eigenvalue weighted by molar-refractivity contribution is -0.0382. The molecule has 0 bridgehead atoms. The molecule has 0 unspecified atom stereocenters. The predicted octanol–water partition coefficient (Wildman–Crippen LogP) is 5.29.